The lowest BCUT2D eigenvalue weighted by molar-refractivity contribution is 0.134. The van der Waals surface area contributed by atoms with Gasteiger partial charge in [0.2, 0.25) is 0 Å². The number of carbonyl (C=O) groups excluding carboxylic acids is 1. The number of pyridine rings is 1. The minimum Gasteiger partial charge on any atom is -0.417 e. The second kappa shape index (κ2) is 8.38. The molecule has 148 valence electrons. The molecular weight excluding hydrogens is 367 g/mol. The van der Waals surface area contributed by atoms with Gasteiger partial charge in [-0.1, -0.05) is 13.8 Å². The van der Waals surface area contributed by atoms with Gasteiger partial charge in [-0.15, -0.1) is 0 Å². The number of rotatable bonds is 4. The Morgan fingerprint density at radius 2 is 2.11 bits per heavy atom. The molecule has 0 spiro atoms. The molecule has 3 heterocycles. The number of amides is 1. The van der Waals surface area contributed by atoms with Crippen LogP contribution in [0.2, 0.25) is 0 Å². The summed E-state index contributed by atoms with van der Waals surface area (Å²) in [6.07, 6.45) is 3.72. The number of nitrogens with zero attached hydrogens (tertiary/aromatic N) is 3. The van der Waals surface area contributed by atoms with E-state index >= 15 is 0 Å². The highest BCUT2D eigenvalue weighted by Crippen LogP contribution is 2.32. The van der Waals surface area contributed by atoms with E-state index in [2.05, 4.69) is 9.97 Å². The Morgan fingerprint density at radius 3 is 2.86 bits per heavy atom. The van der Waals surface area contributed by atoms with Crippen LogP contribution in [0, 0.1) is 5.82 Å². The number of nitrogens with two attached hydrogens (primary N) is 1. The Morgan fingerprint density at radius 1 is 1.29 bits per heavy atom. The summed E-state index contributed by atoms with van der Waals surface area (Å²) < 4.78 is 29.8. The van der Waals surface area contributed by atoms with Crippen LogP contribution in [0.1, 0.15) is 26.4 Å². The monoisotopic (exact) mass is 388 g/mol. The first-order valence-corrected chi connectivity index (χ1v) is 8.66. The highest BCUT2D eigenvalue weighted by molar-refractivity contribution is 5.73. The van der Waals surface area contributed by atoms with Gasteiger partial charge in [-0.05, 0) is 18.2 Å². The van der Waals surface area contributed by atoms with Crippen molar-refractivity contribution in [3.63, 3.8) is 0 Å². The number of hydrogen-bond acceptors (Lipinski definition) is 7. The van der Waals surface area contributed by atoms with Crippen LogP contribution in [0.4, 0.5) is 15.0 Å². The SMILES string of the molecule is CC.Nc1nccc(CN2Cc3ccc(Oc4ncco4)cc3OC2=O)c1F.[HH]. The molecule has 28 heavy (non-hydrogen) atoms. The van der Waals surface area contributed by atoms with Crippen LogP contribution in [0.5, 0.6) is 17.6 Å². The van der Waals surface area contributed by atoms with Crippen molar-refractivity contribution in [1.82, 2.24) is 14.9 Å². The Bertz CT molecular complexity index is 969. The van der Waals surface area contributed by atoms with Crippen molar-refractivity contribution < 1.29 is 24.5 Å². The Labute approximate surface area is 162 Å². The van der Waals surface area contributed by atoms with Gasteiger partial charge < -0.3 is 19.6 Å². The normalized spacial score (nSPS) is 12.5. The van der Waals surface area contributed by atoms with E-state index in [1.54, 1.807) is 18.2 Å². The van der Waals surface area contributed by atoms with Crippen LogP contribution < -0.4 is 15.2 Å². The molecule has 9 heteroatoms. The Balaban J connectivity index is 0.000000970. The highest BCUT2D eigenvalue weighted by atomic mass is 19.1. The number of fused-ring (bicyclic) bond motifs is 1. The number of carbonyl (C=O) groups is 1. The van der Waals surface area contributed by atoms with Gasteiger partial charge in [0.15, 0.2) is 11.6 Å². The summed E-state index contributed by atoms with van der Waals surface area (Å²) in [6.45, 7) is 4.28. The zero-order chi connectivity index (χ0) is 20.1. The number of aromatic nitrogens is 2. The van der Waals surface area contributed by atoms with E-state index in [4.69, 9.17) is 19.6 Å². The van der Waals surface area contributed by atoms with Gasteiger partial charge in [-0.3, -0.25) is 4.90 Å². The Hall–Kier alpha value is -3.62. The third-order valence-electron chi connectivity index (χ3n) is 3.83. The van der Waals surface area contributed by atoms with Crippen LogP contribution in [-0.4, -0.2) is 21.0 Å². The number of anilines is 1. The van der Waals surface area contributed by atoms with Gasteiger partial charge in [0.05, 0.1) is 19.3 Å². The maximum atomic E-state index is 14.0. The summed E-state index contributed by atoms with van der Waals surface area (Å²) in [5.41, 5.74) is 6.48. The molecule has 0 aliphatic carbocycles. The predicted octanol–water partition coefficient (Wildman–Crippen LogP) is 4.37. The number of halogens is 1. The first kappa shape index (κ1) is 19.2. The lowest BCUT2D eigenvalue weighted by Gasteiger charge is -2.28. The predicted molar refractivity (Wildman–Crippen MR) is 100 cm³/mol. The molecule has 0 fully saturated rings. The van der Waals surface area contributed by atoms with Crippen molar-refractivity contribution in [2.24, 2.45) is 0 Å². The number of benzene rings is 1. The molecule has 1 aromatic carbocycles. The summed E-state index contributed by atoms with van der Waals surface area (Å²) in [4.78, 5) is 21.1. The van der Waals surface area contributed by atoms with Crippen molar-refractivity contribution >= 4 is 11.9 Å². The molecule has 2 aromatic heterocycles. The summed E-state index contributed by atoms with van der Waals surface area (Å²) in [5, 5.41) is 0. The van der Waals surface area contributed by atoms with Gasteiger partial charge in [-0.2, -0.15) is 4.98 Å². The molecule has 3 aromatic rings. The molecule has 0 atom stereocenters. The van der Waals surface area contributed by atoms with E-state index < -0.39 is 11.9 Å². The standard InChI is InChI=1S/C17H13FN4O4.C2H6.H2/c18-14-11(3-4-20-15(14)19)9-22-8-10-1-2-12(7-13(10)26-17(22)23)25-16-21-5-6-24-16;1-2;/h1-7H,8-9H2,(H2,19,20);1-2H3;1H. The van der Waals surface area contributed by atoms with E-state index in [-0.39, 0.29) is 32.0 Å². The van der Waals surface area contributed by atoms with Crippen LogP contribution in [-0.2, 0) is 13.1 Å². The minimum atomic E-state index is -0.638. The van der Waals surface area contributed by atoms with Gasteiger partial charge >= 0.3 is 12.2 Å². The molecule has 0 unspecified atom stereocenters. The number of hydrogen-bond donors (Lipinski definition) is 1. The average molecular weight is 388 g/mol. The quantitative estimate of drug-likeness (QED) is 0.708. The smallest absolute Gasteiger partial charge is 0.415 e. The molecule has 0 saturated carbocycles. The summed E-state index contributed by atoms with van der Waals surface area (Å²) in [5.74, 6) is -0.0622. The first-order valence-electron chi connectivity index (χ1n) is 8.66. The van der Waals surface area contributed by atoms with Crippen molar-refractivity contribution in [2.45, 2.75) is 26.9 Å². The zero-order valence-corrected chi connectivity index (χ0v) is 15.4. The summed E-state index contributed by atoms with van der Waals surface area (Å²) in [6, 6.07) is 6.50. The fourth-order valence-corrected chi connectivity index (χ4v) is 2.56. The molecule has 0 bridgehead atoms. The van der Waals surface area contributed by atoms with Crippen LogP contribution in [0.25, 0.3) is 0 Å². The zero-order valence-electron chi connectivity index (χ0n) is 15.4. The van der Waals surface area contributed by atoms with E-state index in [1.165, 1.54) is 29.6 Å². The molecule has 1 aliphatic rings. The van der Waals surface area contributed by atoms with E-state index in [9.17, 15) is 9.18 Å². The number of oxazole rings is 1. The van der Waals surface area contributed by atoms with Gasteiger partial charge in [0.25, 0.3) is 0 Å². The molecule has 0 radical (unpaired) electrons. The lowest BCUT2D eigenvalue weighted by Crippen LogP contribution is -2.36. The molecular formula is C19H21FN4O4. The van der Waals surface area contributed by atoms with Crippen molar-refractivity contribution in [2.75, 3.05) is 5.73 Å². The molecule has 2 N–H and O–H groups in total. The van der Waals surface area contributed by atoms with E-state index in [0.29, 0.717) is 11.5 Å². The van der Waals surface area contributed by atoms with Crippen molar-refractivity contribution in [1.29, 1.82) is 0 Å². The summed E-state index contributed by atoms with van der Waals surface area (Å²) in [7, 11) is 0. The third-order valence-corrected chi connectivity index (χ3v) is 3.83. The molecule has 8 nitrogen and oxygen atoms in total. The third kappa shape index (κ3) is 4.03. The fourth-order valence-electron chi connectivity index (χ4n) is 2.56. The largest absolute Gasteiger partial charge is 0.417 e. The van der Waals surface area contributed by atoms with Gasteiger partial charge in [0.1, 0.15) is 17.8 Å². The van der Waals surface area contributed by atoms with E-state index in [0.717, 1.165) is 5.56 Å². The van der Waals surface area contributed by atoms with E-state index in [1.807, 2.05) is 13.8 Å². The summed E-state index contributed by atoms with van der Waals surface area (Å²) >= 11 is 0. The molecule has 4 rings (SSSR count). The number of ether oxygens (including phenoxy) is 2. The van der Waals surface area contributed by atoms with Gasteiger partial charge in [0, 0.05) is 24.8 Å². The minimum absolute atomic E-state index is 0. The fraction of sp³-hybridized carbons (Fsp3) is 0.211. The molecule has 1 amide bonds. The maximum Gasteiger partial charge on any atom is 0.415 e. The van der Waals surface area contributed by atoms with Crippen LogP contribution in [0.3, 0.4) is 0 Å². The molecule has 1 aliphatic heterocycles. The Kier molecular flexibility index (Phi) is 5.73. The number of nitrogen functional groups attached to an aromatic ring is 1. The highest BCUT2D eigenvalue weighted by Gasteiger charge is 2.26. The average Bonchev–Trinajstić information content (AvgIpc) is 3.21. The van der Waals surface area contributed by atoms with Crippen molar-refractivity contribution in [3.05, 3.63) is 59.9 Å². The second-order valence-electron chi connectivity index (χ2n) is 5.56. The van der Waals surface area contributed by atoms with Crippen molar-refractivity contribution in [3.8, 4) is 17.6 Å². The second-order valence-corrected chi connectivity index (χ2v) is 5.56. The van der Waals surface area contributed by atoms with Gasteiger partial charge in [-0.25, -0.2) is 14.2 Å². The molecule has 0 saturated heterocycles. The van der Waals surface area contributed by atoms with Crippen LogP contribution >= 0.6 is 0 Å². The maximum absolute atomic E-state index is 14.0. The topological polar surface area (TPSA) is 104 Å². The lowest BCUT2D eigenvalue weighted by atomic mass is 10.1. The van der Waals surface area contributed by atoms with Crippen LogP contribution in [0.15, 0.2) is 47.3 Å². The first-order chi connectivity index (χ1) is 13.6.